The molecule has 154 valence electrons. The van der Waals surface area contributed by atoms with E-state index in [4.69, 9.17) is 10.00 Å². The molecule has 3 rings (SSSR count). The van der Waals surface area contributed by atoms with Gasteiger partial charge in [0.25, 0.3) is 5.91 Å². The van der Waals surface area contributed by atoms with Gasteiger partial charge in [-0.2, -0.15) is 10.4 Å². The van der Waals surface area contributed by atoms with Gasteiger partial charge in [-0.25, -0.2) is 9.82 Å². The van der Waals surface area contributed by atoms with Crippen molar-refractivity contribution in [3.63, 3.8) is 0 Å². The van der Waals surface area contributed by atoms with Gasteiger partial charge in [0.2, 0.25) is 0 Å². The van der Waals surface area contributed by atoms with E-state index in [9.17, 15) is 19.3 Å². The van der Waals surface area contributed by atoms with Gasteiger partial charge in [-0.05, 0) is 35.9 Å². The number of benzene rings is 3. The Kier molecular flexibility index (Phi) is 6.65. The Morgan fingerprint density at radius 3 is 2.65 bits per heavy atom. The van der Waals surface area contributed by atoms with Crippen LogP contribution in [0.15, 0.2) is 71.8 Å². The molecule has 0 saturated heterocycles. The van der Waals surface area contributed by atoms with Crippen LogP contribution in [0.5, 0.6) is 5.75 Å². The van der Waals surface area contributed by atoms with Crippen LogP contribution in [0.25, 0.3) is 0 Å². The summed E-state index contributed by atoms with van der Waals surface area (Å²) in [5, 5.41) is 23.8. The van der Waals surface area contributed by atoms with Gasteiger partial charge in [-0.1, -0.05) is 30.3 Å². The lowest BCUT2D eigenvalue weighted by Gasteiger charge is -2.07. The van der Waals surface area contributed by atoms with Crippen molar-refractivity contribution in [2.75, 3.05) is 0 Å². The number of carbonyl (C=O) groups is 1. The molecule has 0 heterocycles. The Morgan fingerprint density at radius 1 is 1.19 bits per heavy atom. The standard InChI is InChI=1S/C22H15FN4O4/c23-19-10-16(12-24)6-8-18(19)22(28)26-25-13-17-7-9-21(20(11-17)27(29)30)31-14-15-4-2-1-3-5-15/h1-11,13H,14H2,(H,26,28)/b25-13-. The third kappa shape index (κ3) is 5.48. The van der Waals surface area contributed by atoms with Gasteiger partial charge in [0, 0.05) is 11.6 Å². The molecule has 0 unspecified atom stereocenters. The van der Waals surface area contributed by atoms with Crippen LogP contribution in [0, 0.1) is 27.3 Å². The second kappa shape index (κ2) is 9.76. The lowest BCUT2D eigenvalue weighted by Crippen LogP contribution is -2.19. The van der Waals surface area contributed by atoms with Crippen molar-refractivity contribution in [3.8, 4) is 11.8 Å². The van der Waals surface area contributed by atoms with Crippen LogP contribution in [0.2, 0.25) is 0 Å². The molecule has 0 aliphatic rings. The monoisotopic (exact) mass is 418 g/mol. The topological polar surface area (TPSA) is 118 Å². The summed E-state index contributed by atoms with van der Waals surface area (Å²) in [6, 6.07) is 18.6. The minimum atomic E-state index is -0.859. The molecule has 9 heteroatoms. The molecule has 0 aromatic heterocycles. The second-order valence-electron chi connectivity index (χ2n) is 6.26. The number of nitro groups is 1. The highest BCUT2D eigenvalue weighted by Gasteiger charge is 2.16. The summed E-state index contributed by atoms with van der Waals surface area (Å²) in [5.41, 5.74) is 2.87. The van der Waals surface area contributed by atoms with Gasteiger partial charge in [-0.15, -0.1) is 0 Å². The fraction of sp³-hybridized carbons (Fsp3) is 0.0455. The molecule has 0 bridgehead atoms. The molecule has 3 aromatic rings. The highest BCUT2D eigenvalue weighted by atomic mass is 19.1. The smallest absolute Gasteiger partial charge is 0.311 e. The van der Waals surface area contributed by atoms with Crippen LogP contribution < -0.4 is 10.2 Å². The number of ether oxygens (including phenoxy) is 1. The first-order valence-corrected chi connectivity index (χ1v) is 8.96. The molecule has 0 spiro atoms. The summed E-state index contributed by atoms with van der Waals surface area (Å²) < 4.78 is 19.4. The fourth-order valence-electron chi connectivity index (χ4n) is 2.61. The largest absolute Gasteiger partial charge is 0.482 e. The van der Waals surface area contributed by atoms with Crippen LogP contribution in [0.1, 0.15) is 27.0 Å². The van der Waals surface area contributed by atoms with E-state index in [0.29, 0.717) is 5.56 Å². The predicted molar refractivity (Wildman–Crippen MR) is 110 cm³/mol. The summed E-state index contributed by atoms with van der Waals surface area (Å²) in [5.74, 6) is -1.59. The van der Waals surface area contributed by atoms with Gasteiger partial charge in [-0.3, -0.25) is 14.9 Å². The Labute approximate surface area is 176 Å². The summed E-state index contributed by atoms with van der Waals surface area (Å²) in [6.45, 7) is 0.168. The normalized spacial score (nSPS) is 10.5. The molecule has 0 saturated carbocycles. The second-order valence-corrected chi connectivity index (χ2v) is 6.26. The van der Waals surface area contributed by atoms with Gasteiger partial charge >= 0.3 is 5.69 Å². The van der Waals surface area contributed by atoms with E-state index >= 15 is 0 Å². The lowest BCUT2D eigenvalue weighted by atomic mass is 10.1. The SMILES string of the molecule is N#Cc1ccc(C(=O)N/N=C\c2ccc(OCc3ccccc3)c([N+](=O)[O-])c2)c(F)c1. The Hall–Kier alpha value is -4.58. The van der Waals surface area contributed by atoms with Crippen molar-refractivity contribution in [1.82, 2.24) is 5.43 Å². The number of rotatable bonds is 7. The molecular weight excluding hydrogens is 403 g/mol. The molecule has 0 fully saturated rings. The first-order valence-electron chi connectivity index (χ1n) is 8.96. The summed E-state index contributed by atoms with van der Waals surface area (Å²) in [7, 11) is 0. The van der Waals surface area contributed by atoms with Crippen molar-refractivity contribution < 1.29 is 18.8 Å². The molecule has 31 heavy (non-hydrogen) atoms. The maximum atomic E-state index is 13.9. The molecule has 3 aromatic carbocycles. The van der Waals surface area contributed by atoms with E-state index < -0.39 is 16.6 Å². The van der Waals surface area contributed by atoms with Crippen molar-refractivity contribution in [2.24, 2.45) is 5.10 Å². The Balaban J connectivity index is 1.69. The quantitative estimate of drug-likeness (QED) is 0.354. The summed E-state index contributed by atoms with van der Waals surface area (Å²) >= 11 is 0. The Morgan fingerprint density at radius 2 is 1.97 bits per heavy atom. The van der Waals surface area contributed by atoms with Gasteiger partial charge in [0.05, 0.1) is 28.3 Å². The number of nitro benzene ring substituents is 1. The molecule has 1 amide bonds. The number of hydrazone groups is 1. The molecule has 0 radical (unpaired) electrons. The highest BCUT2D eigenvalue weighted by molar-refractivity contribution is 5.95. The van der Waals surface area contributed by atoms with Crippen molar-refractivity contribution >= 4 is 17.8 Å². The number of carbonyl (C=O) groups excluding carboxylic acids is 1. The number of hydrogen-bond acceptors (Lipinski definition) is 6. The average Bonchev–Trinajstić information content (AvgIpc) is 2.78. The van der Waals surface area contributed by atoms with Gasteiger partial charge in [0.15, 0.2) is 5.75 Å². The zero-order valence-electron chi connectivity index (χ0n) is 16.0. The van der Waals surface area contributed by atoms with Crippen molar-refractivity contribution in [2.45, 2.75) is 6.61 Å². The van der Waals surface area contributed by atoms with Crippen LogP contribution in [0.4, 0.5) is 10.1 Å². The number of nitriles is 1. The summed E-state index contributed by atoms with van der Waals surface area (Å²) in [4.78, 5) is 22.8. The minimum Gasteiger partial charge on any atom is -0.482 e. The molecule has 0 aliphatic carbocycles. The van der Waals surface area contributed by atoms with Crippen LogP contribution in [0.3, 0.4) is 0 Å². The zero-order chi connectivity index (χ0) is 22.2. The van der Waals surface area contributed by atoms with E-state index in [1.54, 1.807) is 6.07 Å². The number of amides is 1. The zero-order valence-corrected chi connectivity index (χ0v) is 16.0. The third-order valence-corrected chi connectivity index (χ3v) is 4.14. The molecule has 8 nitrogen and oxygen atoms in total. The van der Waals surface area contributed by atoms with E-state index in [1.807, 2.05) is 30.3 Å². The lowest BCUT2D eigenvalue weighted by molar-refractivity contribution is -0.385. The maximum absolute atomic E-state index is 13.9. The third-order valence-electron chi connectivity index (χ3n) is 4.14. The van der Waals surface area contributed by atoms with Crippen molar-refractivity contribution in [3.05, 3.63) is 105 Å². The van der Waals surface area contributed by atoms with Crippen LogP contribution in [-0.4, -0.2) is 17.0 Å². The van der Waals surface area contributed by atoms with E-state index in [1.165, 1.54) is 36.5 Å². The van der Waals surface area contributed by atoms with E-state index in [2.05, 4.69) is 10.5 Å². The highest BCUT2D eigenvalue weighted by Crippen LogP contribution is 2.28. The van der Waals surface area contributed by atoms with Crippen LogP contribution >= 0.6 is 0 Å². The molecule has 1 N–H and O–H groups in total. The molecular formula is C22H15FN4O4. The molecule has 0 atom stereocenters. The summed E-state index contributed by atoms with van der Waals surface area (Å²) in [6.07, 6.45) is 1.19. The van der Waals surface area contributed by atoms with Crippen molar-refractivity contribution in [1.29, 1.82) is 5.26 Å². The number of hydrogen-bond donors (Lipinski definition) is 1. The Bertz CT molecular complexity index is 1190. The molecule has 0 aliphatic heterocycles. The van der Waals surface area contributed by atoms with E-state index in [-0.39, 0.29) is 29.2 Å². The first kappa shape index (κ1) is 21.1. The van der Waals surface area contributed by atoms with Crippen LogP contribution in [-0.2, 0) is 6.61 Å². The number of nitrogens with zero attached hydrogens (tertiary/aromatic N) is 3. The van der Waals surface area contributed by atoms with E-state index in [0.717, 1.165) is 11.6 Å². The number of nitrogens with one attached hydrogen (secondary N) is 1. The maximum Gasteiger partial charge on any atom is 0.311 e. The average molecular weight is 418 g/mol. The first-order chi connectivity index (χ1) is 15.0. The van der Waals surface area contributed by atoms with Gasteiger partial charge in [0.1, 0.15) is 12.4 Å². The van der Waals surface area contributed by atoms with Gasteiger partial charge < -0.3 is 4.74 Å². The number of halogens is 1. The minimum absolute atomic E-state index is 0.0828. The fourth-order valence-corrected chi connectivity index (χ4v) is 2.61. The predicted octanol–water partition coefficient (Wildman–Crippen LogP) is 3.95.